The number of nitro groups is 1. The first-order valence-electron chi connectivity index (χ1n) is 12.5. The molecule has 4 aliphatic rings. The molecule has 1 heterocycles. The van der Waals surface area contributed by atoms with E-state index < -0.39 is 34.0 Å². The maximum absolute atomic E-state index is 14.4. The third kappa shape index (κ3) is 3.18. The third-order valence-electron chi connectivity index (χ3n) is 8.25. The number of imide groups is 1. The monoisotopic (exact) mass is 577 g/mol. The molecule has 0 aromatic heterocycles. The Balaban J connectivity index is 1.50. The first-order chi connectivity index (χ1) is 18.9. The summed E-state index contributed by atoms with van der Waals surface area (Å²) in [6.45, 7) is 0. The Morgan fingerprint density at radius 1 is 0.821 bits per heavy atom. The van der Waals surface area contributed by atoms with E-state index in [2.05, 4.69) is 15.9 Å². The number of nitro benzene ring substituents is 1. The normalized spacial score (nSPS) is 24.5. The van der Waals surface area contributed by atoms with E-state index in [0.29, 0.717) is 5.69 Å². The van der Waals surface area contributed by atoms with E-state index in [4.69, 9.17) is 4.99 Å². The van der Waals surface area contributed by atoms with Crippen molar-refractivity contribution in [3.8, 4) is 0 Å². The van der Waals surface area contributed by atoms with E-state index in [1.807, 2.05) is 79.0 Å². The maximum atomic E-state index is 14.4. The van der Waals surface area contributed by atoms with Crippen LogP contribution in [-0.4, -0.2) is 23.0 Å². The zero-order valence-electron chi connectivity index (χ0n) is 20.4. The number of carbonyl (C=O) groups is 2. The summed E-state index contributed by atoms with van der Waals surface area (Å²) in [7, 11) is 0. The van der Waals surface area contributed by atoms with E-state index in [1.165, 1.54) is 18.2 Å². The van der Waals surface area contributed by atoms with Crippen LogP contribution in [-0.2, 0) is 15.0 Å². The number of halogens is 1. The van der Waals surface area contributed by atoms with Crippen LogP contribution in [0.15, 0.2) is 107 Å². The molecule has 39 heavy (non-hydrogen) atoms. The Morgan fingerprint density at radius 3 is 2.05 bits per heavy atom. The molecule has 0 unspecified atom stereocenters. The van der Waals surface area contributed by atoms with Gasteiger partial charge in [0.15, 0.2) is 0 Å². The molecule has 1 aliphatic heterocycles. The third-order valence-corrected chi connectivity index (χ3v) is 8.78. The van der Waals surface area contributed by atoms with Gasteiger partial charge in [0, 0.05) is 22.7 Å². The van der Waals surface area contributed by atoms with Gasteiger partial charge in [0.05, 0.1) is 27.9 Å². The Labute approximate surface area is 232 Å². The average molecular weight is 578 g/mol. The number of aliphatic imine (C=N–C) groups is 1. The molecule has 7 nitrogen and oxygen atoms in total. The maximum Gasteiger partial charge on any atom is 0.293 e. The summed E-state index contributed by atoms with van der Waals surface area (Å²) >= 11 is 3.46. The molecule has 1 saturated heterocycles. The lowest BCUT2D eigenvalue weighted by molar-refractivity contribution is -0.384. The van der Waals surface area contributed by atoms with E-state index >= 15 is 0 Å². The number of carbonyl (C=O) groups excluding carboxylic acids is 2. The van der Waals surface area contributed by atoms with Crippen molar-refractivity contribution >= 4 is 51.0 Å². The highest BCUT2D eigenvalue weighted by Crippen LogP contribution is 2.64. The van der Waals surface area contributed by atoms with Crippen LogP contribution in [0.3, 0.4) is 0 Å². The lowest BCUT2D eigenvalue weighted by Crippen LogP contribution is -2.54. The summed E-state index contributed by atoms with van der Waals surface area (Å²) in [6.07, 6.45) is 1.81. The zero-order chi connectivity index (χ0) is 26.9. The molecule has 8 rings (SSSR count). The molecule has 0 radical (unpaired) electrons. The quantitative estimate of drug-likeness (QED) is 0.123. The Hall–Kier alpha value is -4.43. The predicted octanol–water partition coefficient (Wildman–Crippen LogP) is 6.31. The first kappa shape index (κ1) is 23.7. The van der Waals surface area contributed by atoms with Crippen LogP contribution in [0.4, 0.5) is 17.1 Å². The Bertz CT molecular complexity index is 1680. The molecule has 2 amide bonds. The standard InChI is InChI=1S/C31H20BrN3O4/c32-18-13-15-19(16-14-18)33-17-31-22-9-3-1-7-20(22)26(21-8-2-4-10-23(21)31)27-28(31)30(37)34(29(27)36)24-11-5-6-12-25(24)35(38)39/h1-17,26-28H/t26?,27-,28-,31?/m0/s1. The molecule has 4 aromatic carbocycles. The molecule has 2 atom stereocenters. The van der Waals surface area contributed by atoms with Crippen molar-refractivity contribution in [2.45, 2.75) is 11.3 Å². The smallest absolute Gasteiger partial charge is 0.274 e. The van der Waals surface area contributed by atoms with Crippen molar-refractivity contribution in [2.24, 2.45) is 16.8 Å². The molecular formula is C31H20BrN3O4. The van der Waals surface area contributed by atoms with Crippen molar-refractivity contribution in [1.82, 2.24) is 0 Å². The van der Waals surface area contributed by atoms with Crippen LogP contribution in [0.2, 0.25) is 0 Å². The summed E-state index contributed by atoms with van der Waals surface area (Å²) in [5.41, 5.74) is 3.21. The van der Waals surface area contributed by atoms with E-state index in [0.717, 1.165) is 31.6 Å². The van der Waals surface area contributed by atoms with Crippen LogP contribution < -0.4 is 4.90 Å². The van der Waals surface area contributed by atoms with E-state index in [-0.39, 0.29) is 17.3 Å². The molecule has 4 aromatic rings. The van der Waals surface area contributed by atoms with Crippen LogP contribution >= 0.6 is 15.9 Å². The Kier molecular flexibility index (Phi) is 5.18. The molecule has 0 N–H and O–H groups in total. The van der Waals surface area contributed by atoms with Crippen molar-refractivity contribution in [1.29, 1.82) is 0 Å². The minimum absolute atomic E-state index is 0.000546. The number of para-hydroxylation sites is 2. The van der Waals surface area contributed by atoms with E-state index in [1.54, 1.807) is 6.07 Å². The van der Waals surface area contributed by atoms with Gasteiger partial charge in [-0.05, 0) is 52.6 Å². The predicted molar refractivity (Wildman–Crippen MR) is 150 cm³/mol. The Morgan fingerprint density at radius 2 is 1.41 bits per heavy atom. The number of anilines is 1. The minimum atomic E-state index is -1.04. The van der Waals surface area contributed by atoms with Crippen LogP contribution in [0.1, 0.15) is 28.2 Å². The van der Waals surface area contributed by atoms with Gasteiger partial charge in [-0.3, -0.25) is 24.7 Å². The SMILES string of the molecule is O=C1[C@@H]2[C@@H](C(=O)N1c1ccccc1[N+](=O)[O-])C1c3ccccc3C2(C=Nc2ccc(Br)cc2)c2ccccc21. The highest BCUT2D eigenvalue weighted by Gasteiger charge is 2.68. The number of amides is 2. The molecule has 0 spiro atoms. The zero-order valence-corrected chi connectivity index (χ0v) is 22.0. The van der Waals surface area contributed by atoms with Gasteiger partial charge in [-0.2, -0.15) is 0 Å². The van der Waals surface area contributed by atoms with Gasteiger partial charge >= 0.3 is 0 Å². The number of hydrogen-bond donors (Lipinski definition) is 0. The number of nitrogens with zero attached hydrogens (tertiary/aromatic N) is 3. The van der Waals surface area contributed by atoms with Crippen molar-refractivity contribution in [2.75, 3.05) is 4.90 Å². The number of benzene rings is 4. The van der Waals surface area contributed by atoms with Crippen LogP contribution in [0.5, 0.6) is 0 Å². The second-order valence-corrected chi connectivity index (χ2v) is 10.9. The highest BCUT2D eigenvalue weighted by molar-refractivity contribution is 9.10. The fourth-order valence-corrected chi connectivity index (χ4v) is 7.06. The van der Waals surface area contributed by atoms with Crippen molar-refractivity contribution in [3.05, 3.63) is 134 Å². The highest BCUT2D eigenvalue weighted by atomic mass is 79.9. The van der Waals surface area contributed by atoms with Gasteiger partial charge in [0.25, 0.3) is 5.69 Å². The summed E-state index contributed by atoms with van der Waals surface area (Å²) in [4.78, 5) is 45.9. The van der Waals surface area contributed by atoms with Crippen molar-refractivity contribution in [3.63, 3.8) is 0 Å². The fourth-order valence-electron chi connectivity index (χ4n) is 6.80. The van der Waals surface area contributed by atoms with Gasteiger partial charge in [-0.15, -0.1) is 0 Å². The fraction of sp³-hybridized carbons (Fsp3) is 0.129. The second-order valence-electron chi connectivity index (χ2n) is 10.0. The molecule has 190 valence electrons. The number of hydrogen-bond acceptors (Lipinski definition) is 5. The van der Waals surface area contributed by atoms with E-state index in [9.17, 15) is 19.7 Å². The summed E-state index contributed by atoms with van der Waals surface area (Å²) in [5.74, 6) is -2.75. The molecule has 0 saturated carbocycles. The molecule has 2 bridgehead atoms. The second kappa shape index (κ2) is 8.54. The van der Waals surface area contributed by atoms with Crippen LogP contribution in [0, 0.1) is 22.0 Å². The summed E-state index contributed by atoms with van der Waals surface area (Å²) in [5, 5.41) is 11.9. The minimum Gasteiger partial charge on any atom is -0.274 e. The molecule has 3 aliphatic carbocycles. The van der Waals surface area contributed by atoms with Gasteiger partial charge in [-0.1, -0.05) is 76.6 Å². The lowest BCUT2D eigenvalue weighted by Gasteiger charge is -2.52. The summed E-state index contributed by atoms with van der Waals surface area (Å²) < 4.78 is 0.921. The molecule has 8 heteroatoms. The topological polar surface area (TPSA) is 92.9 Å². The van der Waals surface area contributed by atoms with Gasteiger partial charge in [0.1, 0.15) is 5.69 Å². The van der Waals surface area contributed by atoms with Crippen molar-refractivity contribution < 1.29 is 14.5 Å². The lowest BCUT2D eigenvalue weighted by atomic mass is 9.47. The van der Waals surface area contributed by atoms with Gasteiger partial charge in [0.2, 0.25) is 11.8 Å². The summed E-state index contributed by atoms with van der Waals surface area (Å²) in [6, 6.07) is 29.3. The van der Waals surface area contributed by atoms with Crippen LogP contribution in [0.25, 0.3) is 0 Å². The van der Waals surface area contributed by atoms with Gasteiger partial charge < -0.3 is 0 Å². The molecular weight excluding hydrogens is 558 g/mol. The largest absolute Gasteiger partial charge is 0.293 e. The molecule has 1 fully saturated rings. The first-order valence-corrected chi connectivity index (χ1v) is 13.3. The average Bonchev–Trinajstić information content (AvgIpc) is 3.23. The van der Waals surface area contributed by atoms with Gasteiger partial charge in [-0.25, -0.2) is 4.90 Å². The number of rotatable bonds is 4.